The summed E-state index contributed by atoms with van der Waals surface area (Å²) < 4.78 is 8.36. The molecule has 1 aromatic carbocycles. The van der Waals surface area contributed by atoms with Gasteiger partial charge >= 0.3 is 0 Å². The van der Waals surface area contributed by atoms with Crippen LogP contribution < -0.4 is 20.3 Å². The van der Waals surface area contributed by atoms with Gasteiger partial charge in [-0.05, 0) is 26.0 Å². The monoisotopic (exact) mass is 445 g/mol. The number of carbonyl (C=O) groups excluding carboxylic acids is 1. The summed E-state index contributed by atoms with van der Waals surface area (Å²) in [7, 11) is 0. The Morgan fingerprint density at radius 1 is 1.30 bits per heavy atom. The third-order valence-corrected chi connectivity index (χ3v) is 6.07. The number of amides is 1. The van der Waals surface area contributed by atoms with Crippen LogP contribution in [0.15, 0.2) is 53.3 Å². The van der Waals surface area contributed by atoms with Crippen LogP contribution in [0.4, 0.5) is 11.4 Å². The molecule has 0 saturated carbocycles. The normalized spacial score (nSPS) is 19.6. The number of anilines is 2. The number of nitrogens with zero attached hydrogens (tertiary/aromatic N) is 4. The van der Waals surface area contributed by atoms with Crippen LogP contribution in [0.2, 0.25) is 0 Å². The maximum Gasteiger partial charge on any atom is 0.261 e. The van der Waals surface area contributed by atoms with E-state index >= 15 is 0 Å². The molecule has 0 aliphatic carbocycles. The smallest absolute Gasteiger partial charge is 0.261 e. The lowest BCUT2D eigenvalue weighted by molar-refractivity contribution is -0.112. The summed E-state index contributed by atoms with van der Waals surface area (Å²) in [6.45, 7) is 6.52. The van der Waals surface area contributed by atoms with Crippen molar-refractivity contribution in [1.82, 2.24) is 14.9 Å². The molecular formula is C24H27N7O2. The first-order valence-corrected chi connectivity index (χ1v) is 11.1. The minimum absolute atomic E-state index is 0.163. The van der Waals surface area contributed by atoms with Crippen molar-refractivity contribution >= 4 is 29.7 Å². The summed E-state index contributed by atoms with van der Waals surface area (Å²) in [5, 5.41) is 13.8. The number of rotatable bonds is 4. The van der Waals surface area contributed by atoms with Crippen LogP contribution in [0.5, 0.6) is 5.75 Å². The Morgan fingerprint density at radius 3 is 2.97 bits per heavy atom. The van der Waals surface area contributed by atoms with Crippen LogP contribution in [-0.2, 0) is 24.2 Å². The zero-order valence-corrected chi connectivity index (χ0v) is 18.8. The quantitative estimate of drug-likeness (QED) is 0.495. The van der Waals surface area contributed by atoms with Crippen molar-refractivity contribution in [3.8, 4) is 5.75 Å². The molecule has 0 fully saturated rings. The molecule has 2 aromatic rings. The molecule has 0 atom stereocenters. The minimum Gasteiger partial charge on any atom is -0.487 e. The molecule has 170 valence electrons. The lowest BCUT2D eigenvalue weighted by atomic mass is 10.0. The maximum absolute atomic E-state index is 13.2. The Bertz CT molecular complexity index is 1180. The number of aliphatic imine (C=N–C) groups is 1. The van der Waals surface area contributed by atoms with Gasteiger partial charge in [0.15, 0.2) is 0 Å². The molecule has 3 aliphatic heterocycles. The topological polar surface area (TPSA) is 108 Å². The predicted octanol–water partition coefficient (Wildman–Crippen LogP) is 2.65. The number of benzene rings is 1. The second-order valence-corrected chi connectivity index (χ2v) is 8.97. The SMILES string of the molecule is CC1(C)Cc2cc(NC(=O)/C(C=N)=C3\N=CC=CN3)c(N3CCc4cncn4CC3)cc2O1. The molecule has 9 nitrogen and oxygen atoms in total. The van der Waals surface area contributed by atoms with Gasteiger partial charge < -0.3 is 30.2 Å². The van der Waals surface area contributed by atoms with Crippen molar-refractivity contribution in [2.24, 2.45) is 4.99 Å². The molecule has 9 heteroatoms. The number of hydrogen-bond acceptors (Lipinski definition) is 7. The second kappa shape index (κ2) is 8.23. The number of fused-ring (bicyclic) bond motifs is 2. The first kappa shape index (κ1) is 21.0. The van der Waals surface area contributed by atoms with E-state index in [9.17, 15) is 4.79 Å². The largest absolute Gasteiger partial charge is 0.487 e. The van der Waals surface area contributed by atoms with Gasteiger partial charge in [-0.3, -0.25) is 4.79 Å². The van der Waals surface area contributed by atoms with E-state index in [2.05, 4.69) is 43.9 Å². The van der Waals surface area contributed by atoms with Crippen molar-refractivity contribution in [2.75, 3.05) is 23.3 Å². The molecule has 0 spiro atoms. The van der Waals surface area contributed by atoms with Gasteiger partial charge in [-0.15, -0.1) is 0 Å². The van der Waals surface area contributed by atoms with E-state index in [0.29, 0.717) is 11.5 Å². The molecular weight excluding hydrogens is 418 g/mol. The molecule has 0 bridgehead atoms. The zero-order valence-electron chi connectivity index (χ0n) is 18.8. The van der Waals surface area contributed by atoms with Gasteiger partial charge in [0.1, 0.15) is 17.2 Å². The molecule has 1 aromatic heterocycles. The fourth-order valence-corrected chi connectivity index (χ4v) is 4.49. The van der Waals surface area contributed by atoms with Crippen molar-refractivity contribution in [3.63, 3.8) is 0 Å². The summed E-state index contributed by atoms with van der Waals surface area (Å²) >= 11 is 0. The number of aromatic nitrogens is 2. The van der Waals surface area contributed by atoms with Crippen LogP contribution in [-0.4, -0.2) is 46.6 Å². The highest BCUT2D eigenvalue weighted by molar-refractivity contribution is 6.18. The van der Waals surface area contributed by atoms with Gasteiger partial charge in [0.2, 0.25) is 0 Å². The standard InChI is InChI=1S/C24H27N7O2/c1-24(2)12-16-10-19(29-23(32)18(13-25)22-27-5-3-6-28-22)20(11-21(16)33-24)30-7-4-17-14-26-15-31(17)9-8-30/h3,5-6,10-11,13-15,25,27H,4,7-9,12H2,1-2H3,(H,29,32)/b22-18-,25-13?. The van der Waals surface area contributed by atoms with Gasteiger partial charge in [0.25, 0.3) is 5.91 Å². The highest BCUT2D eigenvalue weighted by Gasteiger charge is 2.32. The van der Waals surface area contributed by atoms with E-state index in [1.807, 2.05) is 24.7 Å². The van der Waals surface area contributed by atoms with Gasteiger partial charge in [-0.25, -0.2) is 9.98 Å². The molecule has 3 aliphatic rings. The highest BCUT2D eigenvalue weighted by atomic mass is 16.5. The fourth-order valence-electron chi connectivity index (χ4n) is 4.49. The highest BCUT2D eigenvalue weighted by Crippen LogP contribution is 2.42. The van der Waals surface area contributed by atoms with Gasteiger partial charge in [0, 0.05) is 74.6 Å². The first-order valence-electron chi connectivity index (χ1n) is 11.1. The molecule has 0 radical (unpaired) electrons. The van der Waals surface area contributed by atoms with Crippen LogP contribution in [0.3, 0.4) is 0 Å². The van der Waals surface area contributed by atoms with Crippen molar-refractivity contribution < 1.29 is 9.53 Å². The van der Waals surface area contributed by atoms with E-state index in [4.69, 9.17) is 10.1 Å². The van der Waals surface area contributed by atoms with Crippen molar-refractivity contribution in [1.29, 1.82) is 5.41 Å². The Kier molecular flexibility index (Phi) is 5.24. The lowest BCUT2D eigenvalue weighted by Crippen LogP contribution is -2.29. The average molecular weight is 446 g/mol. The molecule has 1 amide bonds. The summed E-state index contributed by atoms with van der Waals surface area (Å²) in [5.41, 5.74) is 3.75. The predicted molar refractivity (Wildman–Crippen MR) is 128 cm³/mol. The van der Waals surface area contributed by atoms with Crippen LogP contribution in [0.1, 0.15) is 25.1 Å². The summed E-state index contributed by atoms with van der Waals surface area (Å²) in [6.07, 6.45) is 11.4. The third-order valence-electron chi connectivity index (χ3n) is 6.07. The van der Waals surface area contributed by atoms with Gasteiger partial charge in [0.05, 0.1) is 23.3 Å². The maximum atomic E-state index is 13.2. The van der Waals surface area contributed by atoms with Crippen LogP contribution in [0.25, 0.3) is 0 Å². The van der Waals surface area contributed by atoms with Crippen LogP contribution >= 0.6 is 0 Å². The fraction of sp³-hybridized carbons (Fsp3) is 0.333. The minimum atomic E-state index is -0.385. The Hall–Kier alpha value is -3.88. The summed E-state index contributed by atoms with van der Waals surface area (Å²) in [4.78, 5) is 23.9. The number of nitrogens with one attached hydrogen (secondary N) is 3. The first-order chi connectivity index (χ1) is 15.9. The zero-order chi connectivity index (χ0) is 23.0. The number of hydrogen-bond donors (Lipinski definition) is 3. The third kappa shape index (κ3) is 4.13. The molecule has 3 N–H and O–H groups in total. The molecule has 0 unspecified atom stereocenters. The van der Waals surface area contributed by atoms with E-state index in [-0.39, 0.29) is 17.1 Å². The number of ether oxygens (including phenoxy) is 1. The summed E-state index contributed by atoms with van der Waals surface area (Å²) in [6, 6.07) is 4.04. The lowest BCUT2D eigenvalue weighted by Gasteiger charge is -2.26. The Morgan fingerprint density at radius 2 is 2.18 bits per heavy atom. The summed E-state index contributed by atoms with van der Waals surface area (Å²) in [5.74, 6) is 0.816. The van der Waals surface area contributed by atoms with Crippen molar-refractivity contribution in [3.05, 3.63) is 59.6 Å². The van der Waals surface area contributed by atoms with E-state index in [1.165, 1.54) is 5.69 Å². The molecule has 4 heterocycles. The molecule has 5 rings (SSSR count). The van der Waals surface area contributed by atoms with E-state index in [0.717, 1.165) is 55.7 Å². The molecule has 0 saturated heterocycles. The van der Waals surface area contributed by atoms with E-state index < -0.39 is 0 Å². The van der Waals surface area contributed by atoms with Gasteiger partial charge in [-0.2, -0.15) is 0 Å². The number of carbonyl (C=O) groups is 1. The van der Waals surface area contributed by atoms with Gasteiger partial charge in [-0.1, -0.05) is 0 Å². The second-order valence-electron chi connectivity index (χ2n) is 8.97. The van der Waals surface area contributed by atoms with Crippen LogP contribution in [0, 0.1) is 5.41 Å². The Balaban J connectivity index is 1.49. The van der Waals surface area contributed by atoms with E-state index in [1.54, 1.807) is 18.5 Å². The number of imidazole rings is 1. The van der Waals surface area contributed by atoms with Crippen molar-refractivity contribution in [2.45, 2.75) is 38.8 Å². The number of allylic oxidation sites excluding steroid dienone is 1. The molecule has 33 heavy (non-hydrogen) atoms. The average Bonchev–Trinajstić information content (AvgIpc) is 3.30. The Labute approximate surface area is 192 Å².